The molecular weight excluding hydrogens is 304 g/mol. The first kappa shape index (κ1) is 18.0. The van der Waals surface area contributed by atoms with E-state index in [0.717, 1.165) is 11.8 Å². The number of thioether (sulfide) groups is 1. The summed E-state index contributed by atoms with van der Waals surface area (Å²) in [5, 5.41) is 13.4. The van der Waals surface area contributed by atoms with E-state index < -0.39 is 28.7 Å². The number of carboxylic acid groups (broad SMARTS) is 1. The maximum atomic E-state index is 12.0. The fourth-order valence-corrected chi connectivity index (χ4v) is 2.56. The molecule has 3 N–H and O–H groups in total. The molecule has 6 nitrogen and oxygen atoms in total. The lowest BCUT2D eigenvalue weighted by atomic mass is 10.1. The summed E-state index contributed by atoms with van der Waals surface area (Å²) in [7, 11) is 0. The minimum atomic E-state index is -1.05. The van der Waals surface area contributed by atoms with E-state index in [1.807, 2.05) is 0 Å². The van der Waals surface area contributed by atoms with E-state index in [9.17, 15) is 14.4 Å². The second kappa shape index (κ2) is 7.31. The van der Waals surface area contributed by atoms with E-state index in [2.05, 4.69) is 10.6 Å². The largest absolute Gasteiger partial charge is 0.478 e. The number of carboxylic acids is 1. The molecule has 1 atom stereocenters. The summed E-state index contributed by atoms with van der Waals surface area (Å²) in [6.07, 6.45) is 0. The van der Waals surface area contributed by atoms with Gasteiger partial charge >= 0.3 is 12.0 Å². The zero-order valence-corrected chi connectivity index (χ0v) is 13.8. The molecule has 0 bridgehead atoms. The third-order valence-electron chi connectivity index (χ3n) is 2.52. The molecule has 0 spiro atoms. The van der Waals surface area contributed by atoms with Crippen molar-refractivity contribution in [3.63, 3.8) is 0 Å². The van der Waals surface area contributed by atoms with Crippen LogP contribution in [0.25, 0.3) is 0 Å². The van der Waals surface area contributed by atoms with Crippen molar-refractivity contribution in [2.24, 2.45) is 0 Å². The zero-order valence-electron chi connectivity index (χ0n) is 13.0. The van der Waals surface area contributed by atoms with Crippen LogP contribution in [0, 0.1) is 0 Å². The van der Waals surface area contributed by atoms with E-state index in [1.165, 1.54) is 6.07 Å². The quantitative estimate of drug-likeness (QED) is 0.740. The third-order valence-corrected chi connectivity index (χ3v) is 3.69. The Morgan fingerprint density at radius 2 is 1.77 bits per heavy atom. The highest BCUT2D eigenvalue weighted by Crippen LogP contribution is 2.26. The van der Waals surface area contributed by atoms with Crippen LogP contribution in [0.4, 0.5) is 4.79 Å². The van der Waals surface area contributed by atoms with Crippen LogP contribution in [0.5, 0.6) is 0 Å². The Kier molecular flexibility index (Phi) is 5.99. The number of rotatable bonds is 4. The van der Waals surface area contributed by atoms with Crippen molar-refractivity contribution in [2.75, 3.05) is 0 Å². The second-order valence-corrected chi connectivity index (χ2v) is 7.14. The maximum absolute atomic E-state index is 12.0. The first-order valence-electron chi connectivity index (χ1n) is 6.72. The van der Waals surface area contributed by atoms with Crippen molar-refractivity contribution in [2.45, 2.75) is 43.4 Å². The molecule has 0 aliphatic carbocycles. The fraction of sp³-hybridized carbons (Fsp3) is 0.400. The van der Waals surface area contributed by atoms with Crippen molar-refractivity contribution in [3.05, 3.63) is 29.8 Å². The standard InChI is InChI=1S/C15H20N2O4S/c1-9(12(18)16-14(21)17-15(2,3)4)22-11-8-6-5-7-10(11)13(19)20/h5-9H,1-4H3,(H,19,20)(H2,16,17,18,21)/t9-/m1/s1. The van der Waals surface area contributed by atoms with Gasteiger partial charge < -0.3 is 10.4 Å². The van der Waals surface area contributed by atoms with Crippen molar-refractivity contribution in [1.29, 1.82) is 0 Å². The molecule has 0 aliphatic rings. The first-order chi connectivity index (χ1) is 10.1. The number of urea groups is 1. The summed E-state index contributed by atoms with van der Waals surface area (Å²) < 4.78 is 0. The normalized spacial score (nSPS) is 12.4. The van der Waals surface area contributed by atoms with E-state index >= 15 is 0 Å². The number of amides is 3. The Balaban J connectivity index is 2.69. The summed E-state index contributed by atoms with van der Waals surface area (Å²) >= 11 is 1.09. The van der Waals surface area contributed by atoms with Crippen LogP contribution in [0.3, 0.4) is 0 Å². The van der Waals surface area contributed by atoms with Crippen LogP contribution >= 0.6 is 11.8 Å². The smallest absolute Gasteiger partial charge is 0.336 e. The molecule has 0 unspecified atom stereocenters. The average Bonchev–Trinajstić information content (AvgIpc) is 2.36. The van der Waals surface area contributed by atoms with Gasteiger partial charge in [-0.15, -0.1) is 11.8 Å². The van der Waals surface area contributed by atoms with Gasteiger partial charge in [0.05, 0.1) is 10.8 Å². The maximum Gasteiger partial charge on any atom is 0.336 e. The Labute approximate surface area is 133 Å². The van der Waals surface area contributed by atoms with Gasteiger partial charge in [-0.1, -0.05) is 12.1 Å². The number of imide groups is 1. The van der Waals surface area contributed by atoms with Gasteiger partial charge in [0.15, 0.2) is 0 Å². The van der Waals surface area contributed by atoms with Crippen molar-refractivity contribution in [1.82, 2.24) is 10.6 Å². The van der Waals surface area contributed by atoms with Gasteiger partial charge in [0, 0.05) is 10.4 Å². The molecule has 0 saturated carbocycles. The molecule has 1 aromatic carbocycles. The van der Waals surface area contributed by atoms with Gasteiger partial charge in [0.25, 0.3) is 0 Å². The molecule has 0 aromatic heterocycles. The van der Waals surface area contributed by atoms with Crippen LogP contribution in [-0.4, -0.2) is 33.8 Å². The van der Waals surface area contributed by atoms with Crippen LogP contribution in [0.1, 0.15) is 38.1 Å². The molecule has 0 aliphatic heterocycles. The highest BCUT2D eigenvalue weighted by molar-refractivity contribution is 8.00. The van der Waals surface area contributed by atoms with E-state index in [0.29, 0.717) is 4.90 Å². The van der Waals surface area contributed by atoms with E-state index in [-0.39, 0.29) is 5.56 Å². The van der Waals surface area contributed by atoms with Gasteiger partial charge in [-0.2, -0.15) is 0 Å². The fourth-order valence-electron chi connectivity index (χ4n) is 1.58. The monoisotopic (exact) mass is 324 g/mol. The minimum Gasteiger partial charge on any atom is -0.478 e. The van der Waals surface area contributed by atoms with Gasteiger partial charge in [0.2, 0.25) is 5.91 Å². The summed E-state index contributed by atoms with van der Waals surface area (Å²) in [6, 6.07) is 5.85. The van der Waals surface area contributed by atoms with Crippen LogP contribution in [0.15, 0.2) is 29.2 Å². The molecule has 7 heteroatoms. The van der Waals surface area contributed by atoms with E-state index in [1.54, 1.807) is 45.9 Å². The molecule has 3 amide bonds. The predicted molar refractivity (Wildman–Crippen MR) is 85.1 cm³/mol. The number of nitrogens with one attached hydrogen (secondary N) is 2. The molecule has 22 heavy (non-hydrogen) atoms. The second-order valence-electron chi connectivity index (χ2n) is 5.75. The SMILES string of the molecule is C[C@@H](Sc1ccccc1C(=O)O)C(=O)NC(=O)NC(C)(C)C. The third kappa shape index (κ3) is 5.77. The van der Waals surface area contributed by atoms with Crippen molar-refractivity contribution >= 4 is 29.7 Å². The average molecular weight is 324 g/mol. The molecule has 120 valence electrons. The highest BCUT2D eigenvalue weighted by atomic mass is 32.2. The summed E-state index contributed by atoms with van der Waals surface area (Å²) in [5.74, 6) is -1.53. The van der Waals surface area contributed by atoms with Crippen LogP contribution in [-0.2, 0) is 4.79 Å². The minimum absolute atomic E-state index is 0.131. The number of hydrogen-bond donors (Lipinski definition) is 3. The molecule has 0 saturated heterocycles. The van der Waals surface area contributed by atoms with Crippen molar-refractivity contribution in [3.8, 4) is 0 Å². The first-order valence-corrected chi connectivity index (χ1v) is 7.60. The number of benzene rings is 1. The number of hydrogen-bond acceptors (Lipinski definition) is 4. The predicted octanol–water partition coefficient (Wildman–Crippen LogP) is 2.49. The molecule has 0 radical (unpaired) electrons. The van der Waals surface area contributed by atoms with Crippen LogP contribution < -0.4 is 10.6 Å². The molecule has 0 fully saturated rings. The number of carbonyl (C=O) groups excluding carboxylic acids is 2. The van der Waals surface area contributed by atoms with E-state index in [4.69, 9.17) is 5.11 Å². The molecular formula is C15H20N2O4S. The number of carbonyl (C=O) groups is 3. The Morgan fingerprint density at radius 3 is 2.32 bits per heavy atom. The lowest BCUT2D eigenvalue weighted by Crippen LogP contribution is -2.49. The molecule has 1 aromatic rings. The summed E-state index contributed by atoms with van der Waals surface area (Å²) in [6.45, 7) is 7.03. The Morgan fingerprint density at radius 1 is 1.18 bits per heavy atom. The highest BCUT2D eigenvalue weighted by Gasteiger charge is 2.21. The van der Waals surface area contributed by atoms with Gasteiger partial charge in [0.1, 0.15) is 0 Å². The molecule has 1 rings (SSSR count). The molecule has 0 heterocycles. The topological polar surface area (TPSA) is 95.5 Å². The lowest BCUT2D eigenvalue weighted by molar-refractivity contribution is -0.119. The summed E-state index contributed by atoms with van der Waals surface area (Å²) in [5.41, 5.74) is -0.317. The number of aromatic carboxylic acids is 1. The Hall–Kier alpha value is -2.02. The lowest BCUT2D eigenvalue weighted by Gasteiger charge is -2.21. The van der Waals surface area contributed by atoms with Crippen molar-refractivity contribution < 1.29 is 19.5 Å². The van der Waals surface area contributed by atoms with Gasteiger partial charge in [-0.25, -0.2) is 9.59 Å². The van der Waals surface area contributed by atoms with Gasteiger partial charge in [-0.3, -0.25) is 10.1 Å². The van der Waals surface area contributed by atoms with Gasteiger partial charge in [-0.05, 0) is 39.8 Å². The Bertz CT molecular complexity index is 581. The summed E-state index contributed by atoms with van der Waals surface area (Å²) in [4.78, 5) is 35.2. The zero-order chi connectivity index (χ0) is 16.9. The van der Waals surface area contributed by atoms with Crippen LogP contribution in [0.2, 0.25) is 0 Å².